The number of ether oxygens (including phenoxy) is 2. The maximum absolute atomic E-state index is 11.7. The minimum atomic E-state index is -0.501. The normalized spacial score (nSPS) is 9.53. The van der Waals surface area contributed by atoms with Gasteiger partial charge in [0.1, 0.15) is 5.75 Å². The van der Waals surface area contributed by atoms with E-state index in [2.05, 4.69) is 0 Å². The van der Waals surface area contributed by atoms with E-state index in [0.717, 1.165) is 0 Å². The molecule has 0 aliphatic carbocycles. The maximum Gasteiger partial charge on any atom is 0.338 e. The number of methoxy groups -OCH3 is 1. The van der Waals surface area contributed by atoms with Gasteiger partial charge in [0, 0.05) is 5.88 Å². The molecule has 0 aliphatic rings. The number of halogens is 1. The first-order valence-electron chi connectivity index (χ1n) is 5.02. The van der Waals surface area contributed by atoms with Crippen LogP contribution in [0.5, 0.6) is 5.75 Å². The average Bonchev–Trinajstić information content (AvgIpc) is 2.37. The summed E-state index contributed by atoms with van der Waals surface area (Å²) >= 11 is 5.76. The van der Waals surface area contributed by atoms with Gasteiger partial charge in [-0.05, 0) is 24.6 Å². The van der Waals surface area contributed by atoms with Crippen LogP contribution in [0.1, 0.15) is 28.4 Å². The highest BCUT2D eigenvalue weighted by Crippen LogP contribution is 2.24. The summed E-state index contributed by atoms with van der Waals surface area (Å²) in [5.41, 5.74) is 1.06. The lowest BCUT2D eigenvalue weighted by atomic mass is 10.0. The number of carbonyl (C=O) groups excluding carboxylic acids is 1. The number of hydrogen-bond donors (Lipinski definition) is 0. The molecule has 0 spiro atoms. The summed E-state index contributed by atoms with van der Waals surface area (Å²) in [7, 11) is 1.46. The number of hydrogen-bond acceptors (Lipinski definition) is 4. The van der Waals surface area contributed by atoms with Crippen LogP contribution in [-0.2, 0) is 10.6 Å². The number of nitrogens with zero attached hydrogens (tertiary/aromatic N) is 1. The van der Waals surface area contributed by atoms with Gasteiger partial charge in [-0.1, -0.05) is 0 Å². The molecular weight excluding hydrogens is 242 g/mol. The van der Waals surface area contributed by atoms with Crippen molar-refractivity contribution in [1.29, 1.82) is 5.26 Å². The number of nitriles is 1. The highest BCUT2D eigenvalue weighted by molar-refractivity contribution is 6.18. The van der Waals surface area contributed by atoms with Crippen molar-refractivity contribution in [1.82, 2.24) is 0 Å². The second-order valence-corrected chi connectivity index (χ2v) is 3.43. The molecule has 0 unspecified atom stereocenters. The Hall–Kier alpha value is -1.73. The van der Waals surface area contributed by atoms with E-state index in [-0.39, 0.29) is 18.1 Å². The van der Waals surface area contributed by atoms with Crippen molar-refractivity contribution >= 4 is 17.6 Å². The van der Waals surface area contributed by atoms with Gasteiger partial charge < -0.3 is 9.47 Å². The van der Waals surface area contributed by atoms with E-state index in [9.17, 15) is 4.79 Å². The summed E-state index contributed by atoms with van der Waals surface area (Å²) in [4.78, 5) is 11.7. The molecule has 1 aromatic rings. The third-order valence-corrected chi connectivity index (χ3v) is 2.48. The molecule has 5 heteroatoms. The highest BCUT2D eigenvalue weighted by atomic mass is 35.5. The van der Waals surface area contributed by atoms with Gasteiger partial charge in [-0.15, -0.1) is 11.6 Å². The summed E-state index contributed by atoms with van der Waals surface area (Å²) in [6.45, 7) is 1.98. The number of esters is 1. The molecule has 4 nitrogen and oxygen atoms in total. The van der Waals surface area contributed by atoms with Gasteiger partial charge in [0.25, 0.3) is 0 Å². The van der Waals surface area contributed by atoms with Gasteiger partial charge in [-0.25, -0.2) is 4.79 Å². The van der Waals surface area contributed by atoms with Gasteiger partial charge in [-0.3, -0.25) is 0 Å². The second-order valence-electron chi connectivity index (χ2n) is 3.17. The van der Waals surface area contributed by atoms with E-state index in [4.69, 9.17) is 26.3 Å². The molecule has 17 heavy (non-hydrogen) atoms. The number of alkyl halides is 1. The summed E-state index contributed by atoms with van der Waals surface area (Å²) in [6, 6.07) is 5.05. The third-order valence-electron chi connectivity index (χ3n) is 2.21. The van der Waals surface area contributed by atoms with E-state index in [1.807, 2.05) is 6.07 Å². The SMILES string of the molecule is CCOC(=O)c1cc(OC)cc(C#N)c1CCl. The molecule has 0 fully saturated rings. The van der Waals surface area contributed by atoms with Crippen LogP contribution < -0.4 is 4.74 Å². The summed E-state index contributed by atoms with van der Waals surface area (Å²) < 4.78 is 9.93. The van der Waals surface area contributed by atoms with Gasteiger partial charge in [-0.2, -0.15) is 5.26 Å². The molecule has 0 bridgehead atoms. The number of rotatable bonds is 4. The fraction of sp³-hybridized carbons (Fsp3) is 0.333. The lowest BCUT2D eigenvalue weighted by molar-refractivity contribution is 0.0525. The zero-order valence-electron chi connectivity index (χ0n) is 9.62. The lowest BCUT2D eigenvalue weighted by Gasteiger charge is -2.10. The molecule has 0 saturated heterocycles. The van der Waals surface area contributed by atoms with Gasteiger partial charge in [0.2, 0.25) is 0 Å². The van der Waals surface area contributed by atoms with Crippen LogP contribution >= 0.6 is 11.6 Å². The molecule has 0 aromatic heterocycles. The third kappa shape index (κ3) is 2.89. The van der Waals surface area contributed by atoms with E-state index < -0.39 is 5.97 Å². The van der Waals surface area contributed by atoms with Crippen LogP contribution in [0.15, 0.2) is 12.1 Å². The molecule has 1 rings (SSSR count). The van der Waals surface area contributed by atoms with Crippen LogP contribution in [-0.4, -0.2) is 19.7 Å². The Morgan fingerprint density at radius 1 is 1.53 bits per heavy atom. The van der Waals surface area contributed by atoms with Crippen molar-refractivity contribution in [2.75, 3.05) is 13.7 Å². The predicted octanol–water partition coefficient (Wildman–Crippen LogP) is 2.48. The fourth-order valence-corrected chi connectivity index (χ4v) is 1.69. The van der Waals surface area contributed by atoms with E-state index in [1.54, 1.807) is 13.0 Å². The summed E-state index contributed by atoms with van der Waals surface area (Å²) in [6.07, 6.45) is 0. The summed E-state index contributed by atoms with van der Waals surface area (Å²) in [5.74, 6) is -0.00173. The maximum atomic E-state index is 11.7. The molecule has 90 valence electrons. The molecule has 0 aliphatic heterocycles. The van der Waals surface area contributed by atoms with Gasteiger partial charge in [0.15, 0.2) is 0 Å². The molecule has 0 atom stereocenters. The minimum absolute atomic E-state index is 0.0705. The fourth-order valence-electron chi connectivity index (χ4n) is 1.40. The van der Waals surface area contributed by atoms with Crippen LogP contribution in [0.25, 0.3) is 0 Å². The molecule has 0 radical (unpaired) electrons. The molecular formula is C12H12ClNO3. The molecule has 0 N–H and O–H groups in total. The minimum Gasteiger partial charge on any atom is -0.497 e. The lowest BCUT2D eigenvalue weighted by Crippen LogP contribution is -2.09. The summed E-state index contributed by atoms with van der Waals surface area (Å²) in [5, 5.41) is 8.99. The van der Waals surface area contributed by atoms with Crippen LogP contribution in [0.4, 0.5) is 0 Å². The average molecular weight is 254 g/mol. The number of benzene rings is 1. The first-order chi connectivity index (χ1) is 8.17. The van der Waals surface area contributed by atoms with Gasteiger partial charge >= 0.3 is 5.97 Å². The molecule has 0 heterocycles. The van der Waals surface area contributed by atoms with Crippen LogP contribution in [0.2, 0.25) is 0 Å². The Morgan fingerprint density at radius 3 is 2.71 bits per heavy atom. The predicted molar refractivity (Wildman–Crippen MR) is 63.2 cm³/mol. The topological polar surface area (TPSA) is 59.3 Å². The van der Waals surface area contributed by atoms with Gasteiger partial charge in [0.05, 0.1) is 30.9 Å². The Morgan fingerprint density at radius 2 is 2.24 bits per heavy atom. The van der Waals surface area contributed by atoms with Crippen molar-refractivity contribution in [3.8, 4) is 11.8 Å². The van der Waals surface area contributed by atoms with Crippen molar-refractivity contribution in [3.05, 3.63) is 28.8 Å². The number of carbonyl (C=O) groups is 1. The second kappa shape index (κ2) is 6.12. The van der Waals surface area contributed by atoms with E-state index in [1.165, 1.54) is 13.2 Å². The van der Waals surface area contributed by atoms with Crippen LogP contribution in [0, 0.1) is 11.3 Å². The van der Waals surface area contributed by atoms with Crippen molar-refractivity contribution in [2.45, 2.75) is 12.8 Å². The van der Waals surface area contributed by atoms with Crippen molar-refractivity contribution in [2.24, 2.45) is 0 Å². The Balaban J connectivity index is 3.35. The largest absolute Gasteiger partial charge is 0.497 e. The standard InChI is InChI=1S/C12H12ClNO3/c1-3-17-12(15)10-5-9(16-2)4-8(7-14)11(10)6-13/h4-5H,3,6H2,1-2H3. The quantitative estimate of drug-likeness (QED) is 0.611. The smallest absolute Gasteiger partial charge is 0.338 e. The van der Waals surface area contributed by atoms with Crippen LogP contribution in [0.3, 0.4) is 0 Å². The Bertz CT molecular complexity index is 466. The Labute approximate surface area is 105 Å². The molecule has 0 saturated carbocycles. The van der Waals surface area contributed by atoms with Crippen molar-refractivity contribution in [3.63, 3.8) is 0 Å². The van der Waals surface area contributed by atoms with E-state index in [0.29, 0.717) is 16.9 Å². The molecule has 0 amide bonds. The zero-order chi connectivity index (χ0) is 12.8. The van der Waals surface area contributed by atoms with E-state index >= 15 is 0 Å². The zero-order valence-corrected chi connectivity index (χ0v) is 10.4. The highest BCUT2D eigenvalue weighted by Gasteiger charge is 2.17. The monoisotopic (exact) mass is 253 g/mol. The molecule has 1 aromatic carbocycles. The Kier molecular flexibility index (Phi) is 4.80. The van der Waals surface area contributed by atoms with Crippen molar-refractivity contribution < 1.29 is 14.3 Å². The first-order valence-corrected chi connectivity index (χ1v) is 5.55. The first kappa shape index (κ1) is 13.3.